The smallest absolute Gasteiger partial charge is 0.343 e. The van der Waals surface area contributed by atoms with Gasteiger partial charge in [0.25, 0.3) is 5.91 Å². The number of hydrogen-bond acceptors (Lipinski definition) is 6. The number of carbonyl (C=O) groups is 3. The Kier molecular flexibility index (Phi) is 7.10. The van der Waals surface area contributed by atoms with Crippen LogP contribution >= 0.6 is 22.6 Å². The third-order valence-electron chi connectivity index (χ3n) is 4.34. The van der Waals surface area contributed by atoms with Crippen LogP contribution < -0.4 is 14.8 Å². The average Bonchev–Trinajstić information content (AvgIpc) is 3.01. The molecule has 1 aliphatic heterocycles. The maximum atomic E-state index is 13.1. The minimum Gasteiger partial charge on any atom is -0.493 e. The molecule has 1 heterocycles. The zero-order chi connectivity index (χ0) is 22.5. The van der Waals surface area contributed by atoms with E-state index in [-0.39, 0.29) is 18.8 Å². The predicted molar refractivity (Wildman–Crippen MR) is 117 cm³/mol. The summed E-state index contributed by atoms with van der Waals surface area (Å²) in [4.78, 5) is 37.3. The third kappa shape index (κ3) is 5.32. The van der Waals surface area contributed by atoms with Crippen molar-refractivity contribution in [2.45, 2.75) is 6.54 Å². The van der Waals surface area contributed by atoms with Crippen LogP contribution in [0.3, 0.4) is 0 Å². The summed E-state index contributed by atoms with van der Waals surface area (Å²) in [6.45, 7) is -0.264. The summed E-state index contributed by atoms with van der Waals surface area (Å²) in [5.41, 5.74) is 1.29. The number of urea groups is 1. The SMILES string of the molecule is COC(=O)COc1c(I)cc(/C=C2/NC(=O)N(Cc3ccc(F)cc3)C2=O)cc1OC. The van der Waals surface area contributed by atoms with E-state index in [0.717, 1.165) is 4.90 Å². The monoisotopic (exact) mass is 540 g/mol. The number of rotatable bonds is 7. The summed E-state index contributed by atoms with van der Waals surface area (Å²) >= 11 is 2.01. The number of carbonyl (C=O) groups excluding carboxylic acids is 3. The van der Waals surface area contributed by atoms with E-state index < -0.39 is 23.7 Å². The van der Waals surface area contributed by atoms with E-state index in [2.05, 4.69) is 10.1 Å². The number of amides is 3. The van der Waals surface area contributed by atoms with Gasteiger partial charge in [-0.3, -0.25) is 9.69 Å². The van der Waals surface area contributed by atoms with Crippen LogP contribution in [-0.2, 0) is 20.9 Å². The summed E-state index contributed by atoms with van der Waals surface area (Å²) in [6, 6.07) is 8.32. The van der Waals surface area contributed by atoms with E-state index in [1.807, 2.05) is 22.6 Å². The molecular formula is C21H18FIN2O6. The van der Waals surface area contributed by atoms with Gasteiger partial charge in [0.2, 0.25) is 0 Å². The van der Waals surface area contributed by atoms with Gasteiger partial charge in [-0.1, -0.05) is 12.1 Å². The van der Waals surface area contributed by atoms with E-state index in [0.29, 0.717) is 26.2 Å². The van der Waals surface area contributed by atoms with Crippen molar-refractivity contribution in [2.75, 3.05) is 20.8 Å². The molecule has 3 rings (SSSR count). The fourth-order valence-electron chi connectivity index (χ4n) is 2.81. The van der Waals surface area contributed by atoms with Crippen molar-refractivity contribution in [1.82, 2.24) is 10.2 Å². The zero-order valence-corrected chi connectivity index (χ0v) is 18.8. The molecule has 1 saturated heterocycles. The van der Waals surface area contributed by atoms with Gasteiger partial charge in [0.05, 0.1) is 24.3 Å². The Morgan fingerprint density at radius 2 is 1.90 bits per heavy atom. The molecule has 1 aliphatic rings. The molecular weight excluding hydrogens is 522 g/mol. The standard InChI is InChI=1S/C21H18FIN2O6/c1-29-17-9-13(7-15(23)19(17)31-11-18(26)30-2)8-16-20(27)25(21(28)24-16)10-12-3-5-14(22)6-4-12/h3-9H,10-11H2,1-2H3,(H,24,28)/b16-8+. The Morgan fingerprint density at radius 1 is 1.19 bits per heavy atom. The summed E-state index contributed by atoms with van der Waals surface area (Å²) in [7, 11) is 2.70. The van der Waals surface area contributed by atoms with Gasteiger partial charge in [-0.2, -0.15) is 0 Å². The number of halogens is 2. The van der Waals surface area contributed by atoms with E-state index in [4.69, 9.17) is 9.47 Å². The van der Waals surface area contributed by atoms with Crippen molar-refractivity contribution < 1.29 is 33.0 Å². The van der Waals surface area contributed by atoms with Gasteiger partial charge in [-0.25, -0.2) is 14.0 Å². The van der Waals surface area contributed by atoms with Gasteiger partial charge in [0.15, 0.2) is 18.1 Å². The molecule has 8 nitrogen and oxygen atoms in total. The van der Waals surface area contributed by atoms with Crippen LogP contribution in [0.2, 0.25) is 0 Å². The quantitative estimate of drug-likeness (QED) is 0.251. The fourth-order valence-corrected chi connectivity index (χ4v) is 3.59. The predicted octanol–water partition coefficient (Wildman–Crippen LogP) is 3.08. The average molecular weight is 540 g/mol. The second-order valence-electron chi connectivity index (χ2n) is 6.40. The van der Waals surface area contributed by atoms with Gasteiger partial charge in [0, 0.05) is 0 Å². The first-order valence-corrected chi connectivity index (χ1v) is 10.1. The van der Waals surface area contributed by atoms with E-state index in [1.165, 1.54) is 44.6 Å². The minimum absolute atomic E-state index is 0.0173. The maximum absolute atomic E-state index is 13.1. The van der Waals surface area contributed by atoms with Gasteiger partial charge in [0.1, 0.15) is 11.5 Å². The Hall–Kier alpha value is -3.15. The Labute approximate surface area is 191 Å². The second kappa shape index (κ2) is 9.77. The highest BCUT2D eigenvalue weighted by Crippen LogP contribution is 2.35. The van der Waals surface area contributed by atoms with Crippen molar-refractivity contribution in [3.63, 3.8) is 0 Å². The molecule has 0 aromatic heterocycles. The van der Waals surface area contributed by atoms with Crippen molar-refractivity contribution in [1.29, 1.82) is 0 Å². The minimum atomic E-state index is -0.569. The molecule has 31 heavy (non-hydrogen) atoms. The molecule has 0 aliphatic carbocycles. The molecule has 0 unspecified atom stereocenters. The molecule has 0 atom stereocenters. The van der Waals surface area contributed by atoms with Crippen LogP contribution in [0.15, 0.2) is 42.1 Å². The van der Waals surface area contributed by atoms with E-state index in [9.17, 15) is 18.8 Å². The highest BCUT2D eigenvalue weighted by atomic mass is 127. The number of nitrogens with zero attached hydrogens (tertiary/aromatic N) is 1. The highest BCUT2D eigenvalue weighted by molar-refractivity contribution is 14.1. The molecule has 10 heteroatoms. The van der Waals surface area contributed by atoms with E-state index in [1.54, 1.807) is 12.1 Å². The van der Waals surface area contributed by atoms with Crippen LogP contribution in [0.25, 0.3) is 6.08 Å². The zero-order valence-electron chi connectivity index (χ0n) is 16.6. The summed E-state index contributed by atoms with van der Waals surface area (Å²) in [6.07, 6.45) is 1.51. The number of nitrogens with one attached hydrogen (secondary N) is 1. The lowest BCUT2D eigenvalue weighted by molar-refractivity contribution is -0.143. The molecule has 0 saturated carbocycles. The molecule has 0 bridgehead atoms. The number of methoxy groups -OCH3 is 2. The highest BCUT2D eigenvalue weighted by Gasteiger charge is 2.33. The topological polar surface area (TPSA) is 94.2 Å². The van der Waals surface area contributed by atoms with Crippen molar-refractivity contribution >= 4 is 46.6 Å². The summed E-state index contributed by atoms with van der Waals surface area (Å²) in [5, 5.41) is 2.54. The molecule has 3 amide bonds. The second-order valence-corrected chi connectivity index (χ2v) is 7.57. The lowest BCUT2D eigenvalue weighted by atomic mass is 10.1. The molecule has 0 radical (unpaired) electrons. The molecule has 0 spiro atoms. The first-order valence-electron chi connectivity index (χ1n) is 8.98. The van der Waals surface area contributed by atoms with Gasteiger partial charge < -0.3 is 19.5 Å². The van der Waals surface area contributed by atoms with Crippen molar-refractivity contribution in [3.8, 4) is 11.5 Å². The summed E-state index contributed by atoms with van der Waals surface area (Å²) < 4.78 is 29.1. The van der Waals surface area contributed by atoms with Crippen molar-refractivity contribution in [2.24, 2.45) is 0 Å². The van der Waals surface area contributed by atoms with Crippen LogP contribution in [-0.4, -0.2) is 43.6 Å². The van der Waals surface area contributed by atoms with Crippen LogP contribution in [0.1, 0.15) is 11.1 Å². The van der Waals surface area contributed by atoms with Gasteiger partial charge in [-0.05, 0) is 64.1 Å². The van der Waals surface area contributed by atoms with E-state index >= 15 is 0 Å². The molecule has 162 valence electrons. The normalized spacial score (nSPS) is 14.6. The summed E-state index contributed by atoms with van der Waals surface area (Å²) in [5.74, 6) is -0.735. The number of esters is 1. The fraction of sp³-hybridized carbons (Fsp3) is 0.190. The lowest BCUT2D eigenvalue weighted by Crippen LogP contribution is -2.30. The Morgan fingerprint density at radius 3 is 2.55 bits per heavy atom. The Bertz CT molecular complexity index is 1050. The maximum Gasteiger partial charge on any atom is 0.343 e. The number of imide groups is 1. The Balaban J connectivity index is 1.81. The largest absolute Gasteiger partial charge is 0.493 e. The van der Waals surface area contributed by atoms with Gasteiger partial charge >= 0.3 is 12.0 Å². The third-order valence-corrected chi connectivity index (χ3v) is 5.14. The molecule has 2 aromatic rings. The van der Waals surface area contributed by atoms with Crippen molar-refractivity contribution in [3.05, 3.63) is 62.6 Å². The van der Waals surface area contributed by atoms with Crippen LogP contribution in [0.4, 0.5) is 9.18 Å². The number of hydrogen-bond donors (Lipinski definition) is 1. The molecule has 1 N–H and O–H groups in total. The molecule has 2 aromatic carbocycles. The van der Waals surface area contributed by atoms with Crippen LogP contribution in [0.5, 0.6) is 11.5 Å². The molecule has 1 fully saturated rings. The number of ether oxygens (including phenoxy) is 3. The lowest BCUT2D eigenvalue weighted by Gasteiger charge is -2.13. The van der Waals surface area contributed by atoms with Crippen LogP contribution in [0, 0.1) is 9.39 Å². The number of benzene rings is 2. The first kappa shape index (κ1) is 22.5. The van der Waals surface area contributed by atoms with Gasteiger partial charge in [-0.15, -0.1) is 0 Å². The first-order chi connectivity index (χ1) is 14.8.